The number of hydrazone groups is 1. The van der Waals surface area contributed by atoms with E-state index >= 15 is 0 Å². The van der Waals surface area contributed by atoms with Gasteiger partial charge in [0, 0.05) is 21.4 Å². The Labute approximate surface area is 163 Å². The SMILES string of the molecule is O=C(N/N=C\c1cccn1-c1cccc(Br)c1)c1ccc(Cl)cc1Cl. The Bertz CT molecular complexity index is 953. The molecular formula is C18H12BrCl2N3O. The van der Waals surface area contributed by atoms with Crippen molar-refractivity contribution in [1.82, 2.24) is 9.99 Å². The molecule has 3 rings (SSSR count). The van der Waals surface area contributed by atoms with Crippen LogP contribution in [0.15, 0.2) is 70.4 Å². The number of carbonyl (C=O) groups is 1. The second-order valence-electron chi connectivity index (χ2n) is 5.11. The van der Waals surface area contributed by atoms with E-state index in [2.05, 4.69) is 26.5 Å². The average molecular weight is 437 g/mol. The van der Waals surface area contributed by atoms with E-state index in [0.717, 1.165) is 15.9 Å². The predicted molar refractivity (Wildman–Crippen MR) is 105 cm³/mol. The normalized spacial score (nSPS) is 11.0. The highest BCUT2D eigenvalue weighted by atomic mass is 79.9. The summed E-state index contributed by atoms with van der Waals surface area (Å²) in [6.07, 6.45) is 3.49. The van der Waals surface area contributed by atoms with Crippen LogP contribution >= 0.6 is 39.1 Å². The monoisotopic (exact) mass is 435 g/mol. The second-order valence-corrected chi connectivity index (χ2v) is 6.87. The summed E-state index contributed by atoms with van der Waals surface area (Å²) in [6.45, 7) is 0. The van der Waals surface area contributed by atoms with E-state index in [1.807, 2.05) is 47.2 Å². The summed E-state index contributed by atoms with van der Waals surface area (Å²) in [7, 11) is 0. The highest BCUT2D eigenvalue weighted by Crippen LogP contribution is 2.21. The van der Waals surface area contributed by atoms with Crippen LogP contribution < -0.4 is 5.43 Å². The first-order valence-electron chi connectivity index (χ1n) is 7.26. The summed E-state index contributed by atoms with van der Waals surface area (Å²) in [4.78, 5) is 12.1. The van der Waals surface area contributed by atoms with E-state index in [1.54, 1.807) is 18.3 Å². The van der Waals surface area contributed by atoms with Gasteiger partial charge in [0.05, 0.1) is 22.5 Å². The van der Waals surface area contributed by atoms with Crippen molar-refractivity contribution in [1.29, 1.82) is 0 Å². The van der Waals surface area contributed by atoms with E-state index in [0.29, 0.717) is 10.6 Å². The van der Waals surface area contributed by atoms with Crippen LogP contribution in [0.2, 0.25) is 10.0 Å². The first-order valence-corrected chi connectivity index (χ1v) is 8.81. The Balaban J connectivity index is 1.75. The van der Waals surface area contributed by atoms with E-state index < -0.39 is 5.91 Å². The predicted octanol–water partition coefficient (Wildman–Crippen LogP) is 5.31. The van der Waals surface area contributed by atoms with Crippen LogP contribution in [0.5, 0.6) is 0 Å². The number of rotatable bonds is 4. The van der Waals surface area contributed by atoms with Crippen molar-refractivity contribution < 1.29 is 4.79 Å². The summed E-state index contributed by atoms with van der Waals surface area (Å²) >= 11 is 15.3. The molecule has 2 aromatic carbocycles. The van der Waals surface area contributed by atoms with Crippen LogP contribution in [0.25, 0.3) is 5.69 Å². The molecule has 126 valence electrons. The molecule has 0 aliphatic carbocycles. The Morgan fingerprint density at radius 2 is 1.96 bits per heavy atom. The quantitative estimate of drug-likeness (QED) is 0.437. The van der Waals surface area contributed by atoms with Gasteiger partial charge in [-0.2, -0.15) is 5.10 Å². The number of nitrogens with zero attached hydrogens (tertiary/aromatic N) is 2. The summed E-state index contributed by atoms with van der Waals surface area (Å²) in [6, 6.07) is 16.3. The molecule has 0 aliphatic heterocycles. The molecule has 7 heteroatoms. The fourth-order valence-electron chi connectivity index (χ4n) is 2.25. The van der Waals surface area contributed by atoms with Crippen LogP contribution in [0.4, 0.5) is 0 Å². The Hall–Kier alpha value is -2.08. The fraction of sp³-hybridized carbons (Fsp3) is 0. The molecule has 0 spiro atoms. The molecule has 0 saturated heterocycles. The number of hydrogen-bond acceptors (Lipinski definition) is 2. The smallest absolute Gasteiger partial charge is 0.272 e. The second kappa shape index (κ2) is 7.87. The van der Waals surface area contributed by atoms with Crippen molar-refractivity contribution >= 4 is 51.3 Å². The zero-order chi connectivity index (χ0) is 17.8. The largest absolute Gasteiger partial charge is 0.316 e. The van der Waals surface area contributed by atoms with Gasteiger partial charge in [0.15, 0.2) is 0 Å². The molecule has 0 aliphatic rings. The third-order valence-electron chi connectivity index (χ3n) is 3.41. The van der Waals surface area contributed by atoms with Gasteiger partial charge in [0.1, 0.15) is 0 Å². The summed E-state index contributed by atoms with van der Waals surface area (Å²) in [5.74, 6) is -0.404. The number of nitrogens with one attached hydrogen (secondary N) is 1. The third-order valence-corrected chi connectivity index (χ3v) is 4.45. The Morgan fingerprint density at radius 1 is 1.12 bits per heavy atom. The minimum Gasteiger partial charge on any atom is -0.316 e. The van der Waals surface area contributed by atoms with Crippen molar-refractivity contribution in [2.45, 2.75) is 0 Å². The summed E-state index contributed by atoms with van der Waals surface area (Å²) in [5, 5.41) is 4.76. The lowest BCUT2D eigenvalue weighted by Crippen LogP contribution is -2.18. The van der Waals surface area contributed by atoms with Gasteiger partial charge >= 0.3 is 0 Å². The molecule has 0 unspecified atom stereocenters. The van der Waals surface area contributed by atoms with Crippen molar-refractivity contribution in [2.24, 2.45) is 5.10 Å². The van der Waals surface area contributed by atoms with Crippen LogP contribution in [0.3, 0.4) is 0 Å². The molecule has 0 fully saturated rings. The number of benzene rings is 2. The molecule has 3 aromatic rings. The molecule has 0 bridgehead atoms. The van der Waals surface area contributed by atoms with Gasteiger partial charge < -0.3 is 4.57 Å². The van der Waals surface area contributed by atoms with E-state index in [-0.39, 0.29) is 5.02 Å². The molecule has 1 N–H and O–H groups in total. The highest BCUT2D eigenvalue weighted by molar-refractivity contribution is 9.10. The summed E-state index contributed by atoms with van der Waals surface area (Å²) < 4.78 is 2.93. The van der Waals surface area contributed by atoms with Crippen molar-refractivity contribution in [3.05, 3.63) is 86.6 Å². The number of halogens is 3. The molecule has 25 heavy (non-hydrogen) atoms. The van der Waals surface area contributed by atoms with Crippen LogP contribution in [0.1, 0.15) is 16.1 Å². The van der Waals surface area contributed by atoms with Crippen molar-refractivity contribution in [3.63, 3.8) is 0 Å². The van der Waals surface area contributed by atoms with Gasteiger partial charge in [-0.15, -0.1) is 0 Å². The van der Waals surface area contributed by atoms with Gasteiger partial charge in [-0.3, -0.25) is 4.79 Å². The van der Waals surface area contributed by atoms with E-state index in [9.17, 15) is 4.79 Å². The number of carbonyl (C=O) groups excluding carboxylic acids is 1. The summed E-state index contributed by atoms with van der Waals surface area (Å²) in [5.41, 5.74) is 4.58. The fourth-order valence-corrected chi connectivity index (χ4v) is 3.13. The zero-order valence-electron chi connectivity index (χ0n) is 12.8. The molecule has 1 amide bonds. The van der Waals surface area contributed by atoms with Crippen LogP contribution in [-0.2, 0) is 0 Å². The molecule has 0 saturated carbocycles. The lowest BCUT2D eigenvalue weighted by molar-refractivity contribution is 0.0955. The third kappa shape index (κ3) is 4.31. The van der Waals surface area contributed by atoms with Crippen molar-refractivity contribution in [3.8, 4) is 5.69 Å². The molecule has 1 heterocycles. The maximum Gasteiger partial charge on any atom is 0.272 e. The van der Waals surface area contributed by atoms with Gasteiger partial charge in [-0.05, 0) is 48.5 Å². The Morgan fingerprint density at radius 3 is 2.72 bits per heavy atom. The Kier molecular flexibility index (Phi) is 5.58. The van der Waals surface area contributed by atoms with Crippen LogP contribution in [0, 0.1) is 0 Å². The van der Waals surface area contributed by atoms with Gasteiger partial charge in [0.2, 0.25) is 0 Å². The van der Waals surface area contributed by atoms with Gasteiger partial charge in [-0.1, -0.05) is 45.2 Å². The van der Waals surface area contributed by atoms with Gasteiger partial charge in [0.25, 0.3) is 5.91 Å². The zero-order valence-corrected chi connectivity index (χ0v) is 15.9. The van der Waals surface area contributed by atoms with Crippen molar-refractivity contribution in [2.75, 3.05) is 0 Å². The highest BCUT2D eigenvalue weighted by Gasteiger charge is 2.09. The van der Waals surface area contributed by atoms with E-state index in [4.69, 9.17) is 23.2 Å². The number of hydrogen-bond donors (Lipinski definition) is 1. The first kappa shape index (κ1) is 17.7. The topological polar surface area (TPSA) is 46.4 Å². The lowest BCUT2D eigenvalue weighted by atomic mass is 10.2. The molecule has 0 atom stereocenters. The maximum atomic E-state index is 12.1. The standard InChI is InChI=1S/C18H12BrCl2N3O/c19-12-3-1-4-14(9-12)24-8-2-5-15(24)11-22-23-18(25)16-7-6-13(20)10-17(16)21/h1-11H,(H,23,25)/b22-11-. The molecule has 4 nitrogen and oxygen atoms in total. The number of amides is 1. The van der Waals surface area contributed by atoms with Gasteiger partial charge in [-0.25, -0.2) is 5.43 Å². The lowest BCUT2D eigenvalue weighted by Gasteiger charge is -2.07. The molecule has 1 aromatic heterocycles. The molecular weight excluding hydrogens is 425 g/mol. The minimum atomic E-state index is -0.404. The first-order chi connectivity index (χ1) is 12.0. The van der Waals surface area contributed by atoms with Crippen LogP contribution in [-0.4, -0.2) is 16.7 Å². The average Bonchev–Trinajstić information content (AvgIpc) is 3.03. The molecule has 0 radical (unpaired) electrons. The minimum absolute atomic E-state index is 0.276. The number of aromatic nitrogens is 1. The maximum absolute atomic E-state index is 12.1. The van der Waals surface area contributed by atoms with E-state index in [1.165, 1.54) is 6.07 Å².